The fraction of sp³-hybridized carbons (Fsp3) is 0.308. The van der Waals surface area contributed by atoms with Gasteiger partial charge in [0.1, 0.15) is 5.69 Å². The number of methoxy groups -OCH3 is 1. The van der Waals surface area contributed by atoms with Gasteiger partial charge in [0.15, 0.2) is 0 Å². The number of aromatic nitrogens is 1. The summed E-state index contributed by atoms with van der Waals surface area (Å²) in [6.07, 6.45) is 1.75. The Hall–Kier alpha value is -1.27. The molecule has 2 heterocycles. The van der Waals surface area contributed by atoms with Crippen molar-refractivity contribution in [2.24, 2.45) is 0 Å². The lowest BCUT2D eigenvalue weighted by molar-refractivity contribution is 0.400. The Morgan fingerprint density at radius 3 is 2.74 bits per heavy atom. The summed E-state index contributed by atoms with van der Waals surface area (Å²) in [5.74, 6) is 0.613. The molecule has 0 amide bonds. The molecule has 0 aliphatic carbocycles. The van der Waals surface area contributed by atoms with Crippen molar-refractivity contribution in [1.82, 2.24) is 4.98 Å². The molecule has 2 aromatic rings. The van der Waals surface area contributed by atoms with Crippen LogP contribution in [0.5, 0.6) is 5.88 Å². The van der Waals surface area contributed by atoms with E-state index in [0.29, 0.717) is 5.88 Å². The fourth-order valence-electron chi connectivity index (χ4n) is 1.75. The molecule has 0 aromatic carbocycles. The first-order chi connectivity index (χ1) is 9.11. The van der Waals surface area contributed by atoms with Crippen LogP contribution in [0.1, 0.15) is 4.88 Å². The molecule has 2 aromatic heterocycles. The topological polar surface area (TPSA) is 37.4 Å². The van der Waals surface area contributed by atoms with Crippen molar-refractivity contribution in [2.75, 3.05) is 31.4 Å². The Bertz CT molecular complexity index is 557. The molecule has 0 saturated carbocycles. The lowest BCUT2D eigenvalue weighted by atomic mass is 10.3. The molecule has 0 atom stereocenters. The van der Waals surface area contributed by atoms with E-state index in [0.717, 1.165) is 21.7 Å². The minimum Gasteiger partial charge on any atom is -0.479 e. The zero-order valence-corrected chi connectivity index (χ0v) is 13.5. The van der Waals surface area contributed by atoms with E-state index in [1.165, 1.54) is 4.88 Å². The molecule has 0 aliphatic rings. The number of anilines is 2. The van der Waals surface area contributed by atoms with Gasteiger partial charge in [0, 0.05) is 31.7 Å². The highest BCUT2D eigenvalue weighted by Crippen LogP contribution is 2.33. The molecular formula is C13H16BrN3OS. The van der Waals surface area contributed by atoms with Crippen LogP contribution in [-0.2, 0) is 6.54 Å². The zero-order chi connectivity index (χ0) is 13.8. The molecule has 102 valence electrons. The van der Waals surface area contributed by atoms with Crippen LogP contribution in [0.4, 0.5) is 11.4 Å². The number of hydrogen-bond donors (Lipinski definition) is 1. The van der Waals surface area contributed by atoms with Gasteiger partial charge in [-0.25, -0.2) is 4.98 Å². The van der Waals surface area contributed by atoms with E-state index < -0.39 is 0 Å². The van der Waals surface area contributed by atoms with Gasteiger partial charge in [-0.15, -0.1) is 11.3 Å². The zero-order valence-electron chi connectivity index (χ0n) is 11.1. The Morgan fingerprint density at radius 1 is 1.37 bits per heavy atom. The third kappa shape index (κ3) is 3.39. The molecule has 1 N–H and O–H groups in total. The summed E-state index contributed by atoms with van der Waals surface area (Å²) in [4.78, 5) is 7.53. The molecule has 19 heavy (non-hydrogen) atoms. The summed E-state index contributed by atoms with van der Waals surface area (Å²) in [6, 6.07) is 6.12. The van der Waals surface area contributed by atoms with Gasteiger partial charge in [-0.2, -0.15) is 0 Å². The number of nitrogens with zero attached hydrogens (tertiary/aromatic N) is 2. The molecular weight excluding hydrogens is 326 g/mol. The van der Waals surface area contributed by atoms with Crippen molar-refractivity contribution in [3.8, 4) is 5.88 Å². The van der Waals surface area contributed by atoms with Crippen molar-refractivity contribution >= 4 is 38.6 Å². The highest BCUT2D eigenvalue weighted by Gasteiger charge is 2.12. The highest BCUT2D eigenvalue weighted by molar-refractivity contribution is 9.11. The van der Waals surface area contributed by atoms with Crippen LogP contribution >= 0.6 is 27.3 Å². The molecule has 6 heteroatoms. The minimum atomic E-state index is 0.613. The Balaban J connectivity index is 2.22. The predicted octanol–water partition coefficient (Wildman–Crippen LogP) is 3.59. The summed E-state index contributed by atoms with van der Waals surface area (Å²) >= 11 is 5.18. The third-order valence-electron chi connectivity index (χ3n) is 2.64. The van der Waals surface area contributed by atoms with Crippen LogP contribution in [-0.4, -0.2) is 26.2 Å². The second-order valence-corrected chi connectivity index (χ2v) is 6.72. The molecule has 0 bridgehead atoms. The number of ether oxygens (including phenoxy) is 1. The Morgan fingerprint density at radius 2 is 2.16 bits per heavy atom. The lowest BCUT2D eigenvalue weighted by Gasteiger charge is -2.19. The summed E-state index contributed by atoms with van der Waals surface area (Å²) in [5.41, 5.74) is 1.97. The molecule has 0 fully saturated rings. The smallest absolute Gasteiger partial charge is 0.239 e. The van der Waals surface area contributed by atoms with Crippen LogP contribution < -0.4 is 15.0 Å². The standard InChI is InChI=1S/C13H16BrN3OS/c1-17(2)10-6-7-15-13(18-3)12(10)16-8-9-4-5-11(14)19-9/h4-7,16H,8H2,1-3H3. The van der Waals surface area contributed by atoms with E-state index in [1.807, 2.05) is 25.1 Å². The fourth-order valence-corrected chi connectivity index (χ4v) is 3.17. The van der Waals surface area contributed by atoms with E-state index in [1.54, 1.807) is 24.6 Å². The van der Waals surface area contributed by atoms with Gasteiger partial charge in [-0.05, 0) is 34.1 Å². The van der Waals surface area contributed by atoms with Crippen LogP contribution in [0.2, 0.25) is 0 Å². The van der Waals surface area contributed by atoms with Crippen LogP contribution in [0.25, 0.3) is 0 Å². The molecule has 0 unspecified atom stereocenters. The number of hydrogen-bond acceptors (Lipinski definition) is 5. The van der Waals surface area contributed by atoms with E-state index in [-0.39, 0.29) is 0 Å². The minimum absolute atomic E-state index is 0.613. The molecule has 0 saturated heterocycles. The van der Waals surface area contributed by atoms with Crippen molar-refractivity contribution in [3.05, 3.63) is 33.1 Å². The van der Waals surface area contributed by atoms with Crippen LogP contribution in [0, 0.1) is 0 Å². The Kier molecular flexibility index (Phi) is 4.66. The summed E-state index contributed by atoms with van der Waals surface area (Å²) in [6.45, 7) is 0.749. The molecule has 4 nitrogen and oxygen atoms in total. The van der Waals surface area contributed by atoms with Gasteiger partial charge in [0.2, 0.25) is 5.88 Å². The number of nitrogens with one attached hydrogen (secondary N) is 1. The second kappa shape index (κ2) is 6.25. The SMILES string of the molecule is COc1nccc(N(C)C)c1NCc1ccc(Br)s1. The number of thiophene rings is 1. The van der Waals surface area contributed by atoms with Gasteiger partial charge in [0.05, 0.1) is 16.6 Å². The van der Waals surface area contributed by atoms with Gasteiger partial charge in [0.25, 0.3) is 0 Å². The summed E-state index contributed by atoms with van der Waals surface area (Å²) in [7, 11) is 5.64. The molecule has 0 spiro atoms. The molecule has 2 rings (SSSR count). The average Bonchev–Trinajstić information content (AvgIpc) is 2.81. The lowest BCUT2D eigenvalue weighted by Crippen LogP contribution is -2.13. The van der Waals surface area contributed by atoms with Crippen LogP contribution in [0.15, 0.2) is 28.2 Å². The normalized spacial score (nSPS) is 10.3. The quantitative estimate of drug-likeness (QED) is 0.901. The number of rotatable bonds is 5. The largest absolute Gasteiger partial charge is 0.479 e. The van der Waals surface area contributed by atoms with Gasteiger partial charge in [-0.1, -0.05) is 0 Å². The summed E-state index contributed by atoms with van der Waals surface area (Å²) < 4.78 is 6.46. The maximum Gasteiger partial charge on any atom is 0.239 e. The van der Waals surface area contributed by atoms with Gasteiger partial charge >= 0.3 is 0 Å². The van der Waals surface area contributed by atoms with Crippen molar-refractivity contribution in [2.45, 2.75) is 6.54 Å². The first-order valence-electron chi connectivity index (χ1n) is 5.80. The average molecular weight is 342 g/mol. The number of halogens is 1. The molecule has 0 aliphatic heterocycles. The van der Waals surface area contributed by atoms with Crippen molar-refractivity contribution in [1.29, 1.82) is 0 Å². The van der Waals surface area contributed by atoms with Gasteiger partial charge in [-0.3, -0.25) is 0 Å². The monoisotopic (exact) mass is 341 g/mol. The van der Waals surface area contributed by atoms with E-state index in [4.69, 9.17) is 4.74 Å². The van der Waals surface area contributed by atoms with Crippen molar-refractivity contribution in [3.63, 3.8) is 0 Å². The van der Waals surface area contributed by atoms with Crippen molar-refractivity contribution < 1.29 is 4.74 Å². The highest BCUT2D eigenvalue weighted by atomic mass is 79.9. The Labute approximate surface area is 125 Å². The first-order valence-corrected chi connectivity index (χ1v) is 7.41. The summed E-state index contributed by atoms with van der Waals surface area (Å²) in [5, 5.41) is 3.40. The van der Waals surface area contributed by atoms with E-state index >= 15 is 0 Å². The second-order valence-electron chi connectivity index (χ2n) is 4.17. The van der Waals surface area contributed by atoms with Crippen LogP contribution in [0.3, 0.4) is 0 Å². The first kappa shape index (κ1) is 14.1. The van der Waals surface area contributed by atoms with Gasteiger partial charge < -0.3 is 15.0 Å². The van der Waals surface area contributed by atoms with E-state index in [9.17, 15) is 0 Å². The number of pyridine rings is 1. The predicted molar refractivity (Wildman–Crippen MR) is 84.5 cm³/mol. The molecule has 0 radical (unpaired) electrons. The maximum atomic E-state index is 5.32. The third-order valence-corrected chi connectivity index (χ3v) is 4.26. The maximum absolute atomic E-state index is 5.32. The van der Waals surface area contributed by atoms with E-state index in [2.05, 4.69) is 38.4 Å².